The Bertz CT molecular complexity index is 368. The van der Waals surface area contributed by atoms with Gasteiger partial charge in [-0.1, -0.05) is 6.07 Å². The van der Waals surface area contributed by atoms with Crippen molar-refractivity contribution in [1.29, 1.82) is 0 Å². The number of hydrogen-bond acceptors (Lipinski definition) is 3. The lowest BCUT2D eigenvalue weighted by molar-refractivity contribution is -0.121. The smallest absolute Gasteiger partial charge is 0.237 e. The van der Waals surface area contributed by atoms with Crippen LogP contribution in [0.25, 0.3) is 0 Å². The summed E-state index contributed by atoms with van der Waals surface area (Å²) in [5.74, 6) is 0.0611. The van der Waals surface area contributed by atoms with Crippen LogP contribution in [0.5, 0.6) is 5.75 Å². The number of halogens is 1. The molecule has 1 aromatic carbocycles. The Hall–Kier alpha value is -0.820. The molecule has 1 rings (SSSR count). The van der Waals surface area contributed by atoms with Gasteiger partial charge >= 0.3 is 0 Å². The second kappa shape index (κ2) is 5.32. The number of benzene rings is 1. The number of nitrogens with two attached hydrogens (primary N) is 1. The van der Waals surface area contributed by atoms with Gasteiger partial charge in [0.05, 0.1) is 9.61 Å². The standard InChI is InChI=1S/C10H13IN2O2/c1-13-10(15)8(12)5-6-2-3-9(14)7(11)4-6/h2-4,8,14H,5,12H2,1H3,(H,13,15)/i11-4. The van der Waals surface area contributed by atoms with Gasteiger partial charge in [-0.3, -0.25) is 4.79 Å². The molecule has 1 amide bonds. The fourth-order valence-corrected chi connectivity index (χ4v) is 1.79. The van der Waals surface area contributed by atoms with Crippen LogP contribution in [0.2, 0.25) is 0 Å². The minimum atomic E-state index is -0.546. The second-order valence-corrected chi connectivity index (χ2v) is 4.37. The number of likely N-dealkylation sites (N-methyl/N-ethyl adjacent to an activating group) is 1. The van der Waals surface area contributed by atoms with Crippen molar-refractivity contribution in [3.63, 3.8) is 0 Å². The van der Waals surface area contributed by atoms with Crippen molar-refractivity contribution >= 4 is 28.5 Å². The minimum absolute atomic E-state index is 0.182. The molecule has 1 unspecified atom stereocenters. The summed E-state index contributed by atoms with van der Waals surface area (Å²) >= 11 is 2.03. The highest BCUT2D eigenvalue weighted by Gasteiger charge is 2.12. The molecule has 0 radical (unpaired) electrons. The summed E-state index contributed by atoms with van der Waals surface area (Å²) in [6.45, 7) is 0. The largest absolute Gasteiger partial charge is 0.507 e. The van der Waals surface area contributed by atoms with Crippen molar-refractivity contribution in [2.24, 2.45) is 5.73 Å². The maximum atomic E-state index is 11.2. The molecule has 82 valence electrons. The van der Waals surface area contributed by atoms with Gasteiger partial charge in [-0.15, -0.1) is 0 Å². The zero-order valence-corrected chi connectivity index (χ0v) is 10.5. The van der Waals surface area contributed by atoms with E-state index in [9.17, 15) is 9.90 Å². The number of aromatic hydroxyl groups is 1. The second-order valence-electron chi connectivity index (χ2n) is 3.21. The van der Waals surface area contributed by atoms with E-state index in [2.05, 4.69) is 5.32 Å². The maximum absolute atomic E-state index is 11.2. The van der Waals surface area contributed by atoms with Gasteiger partial charge in [-0.05, 0) is 46.7 Å². The highest BCUT2D eigenvalue weighted by molar-refractivity contribution is 14.1. The Balaban J connectivity index is 2.73. The van der Waals surface area contributed by atoms with Crippen LogP contribution in [0, 0.1) is 3.57 Å². The van der Waals surface area contributed by atoms with E-state index in [1.807, 2.05) is 28.7 Å². The van der Waals surface area contributed by atoms with Gasteiger partial charge in [0.1, 0.15) is 5.75 Å². The molecule has 0 aliphatic carbocycles. The normalized spacial score (nSPS) is 12.2. The monoisotopic (exact) mass is 316 g/mol. The van der Waals surface area contributed by atoms with E-state index in [1.54, 1.807) is 19.2 Å². The van der Waals surface area contributed by atoms with E-state index in [0.29, 0.717) is 6.42 Å². The Morgan fingerprint density at radius 3 is 2.87 bits per heavy atom. The van der Waals surface area contributed by atoms with Crippen molar-refractivity contribution in [2.45, 2.75) is 12.5 Å². The van der Waals surface area contributed by atoms with Gasteiger partial charge < -0.3 is 16.2 Å². The molecule has 0 bridgehead atoms. The third-order valence-electron chi connectivity index (χ3n) is 2.05. The molecule has 0 fully saturated rings. The van der Waals surface area contributed by atoms with Gasteiger partial charge in [0.2, 0.25) is 5.91 Å². The van der Waals surface area contributed by atoms with E-state index >= 15 is 0 Å². The van der Waals surface area contributed by atoms with Crippen molar-refractivity contribution in [1.82, 2.24) is 5.32 Å². The first kappa shape index (κ1) is 12.3. The molecule has 0 saturated heterocycles. The highest BCUT2D eigenvalue weighted by Crippen LogP contribution is 2.20. The number of phenols is 1. The fraction of sp³-hybridized carbons (Fsp3) is 0.300. The van der Waals surface area contributed by atoms with Crippen molar-refractivity contribution in [2.75, 3.05) is 7.05 Å². The van der Waals surface area contributed by atoms with Crippen molar-refractivity contribution in [3.05, 3.63) is 27.3 Å². The maximum Gasteiger partial charge on any atom is 0.237 e. The molecule has 0 spiro atoms. The van der Waals surface area contributed by atoms with E-state index in [4.69, 9.17) is 5.73 Å². The third-order valence-corrected chi connectivity index (χ3v) is 2.91. The summed E-state index contributed by atoms with van der Waals surface area (Å²) < 4.78 is 0.759. The van der Waals surface area contributed by atoms with Crippen LogP contribution in [0.1, 0.15) is 5.56 Å². The Kier molecular flexibility index (Phi) is 4.34. The SMILES string of the molecule is CNC(=O)C(N)Cc1ccc(O)c([123I])c1. The number of rotatable bonds is 3. The number of nitrogens with one attached hydrogen (secondary N) is 1. The Morgan fingerprint density at radius 2 is 2.33 bits per heavy atom. The zero-order valence-electron chi connectivity index (χ0n) is 8.33. The van der Waals surface area contributed by atoms with Crippen molar-refractivity contribution < 1.29 is 9.90 Å². The molecular formula is C10H13IN2O2. The number of carbonyl (C=O) groups is 1. The van der Waals surface area contributed by atoms with Crippen LogP contribution in [-0.2, 0) is 11.2 Å². The first-order valence-corrected chi connectivity index (χ1v) is 5.57. The lowest BCUT2D eigenvalue weighted by atomic mass is 10.1. The predicted molar refractivity (Wildman–Crippen MR) is 66.6 cm³/mol. The van der Waals surface area contributed by atoms with Crippen molar-refractivity contribution in [3.8, 4) is 5.75 Å². The lowest BCUT2D eigenvalue weighted by Crippen LogP contribution is -2.40. The zero-order chi connectivity index (χ0) is 11.4. The summed E-state index contributed by atoms with van der Waals surface area (Å²) in [5, 5.41) is 11.8. The molecule has 0 aromatic heterocycles. The first-order valence-electron chi connectivity index (χ1n) is 4.49. The number of amides is 1. The lowest BCUT2D eigenvalue weighted by Gasteiger charge is -2.10. The van der Waals surface area contributed by atoms with Gasteiger partial charge in [0, 0.05) is 7.05 Å². The van der Waals surface area contributed by atoms with Crippen LogP contribution < -0.4 is 11.1 Å². The molecule has 1 atom stereocenters. The molecule has 4 nitrogen and oxygen atoms in total. The summed E-state index contributed by atoms with van der Waals surface area (Å²) in [5.41, 5.74) is 6.61. The van der Waals surface area contributed by atoms with Crippen LogP contribution >= 0.6 is 22.6 Å². The molecule has 0 aliphatic rings. The Morgan fingerprint density at radius 1 is 1.67 bits per heavy atom. The average molecular weight is 316 g/mol. The fourth-order valence-electron chi connectivity index (χ4n) is 1.21. The predicted octanol–water partition coefficient (Wildman–Crippen LogP) is 0.613. The molecular weight excluding hydrogens is 303 g/mol. The van der Waals surface area contributed by atoms with E-state index < -0.39 is 6.04 Å². The van der Waals surface area contributed by atoms with Gasteiger partial charge in [-0.25, -0.2) is 0 Å². The molecule has 5 heteroatoms. The summed E-state index contributed by atoms with van der Waals surface area (Å²) in [6.07, 6.45) is 0.468. The van der Waals surface area contributed by atoms with Crippen LogP contribution in [0.4, 0.5) is 0 Å². The third kappa shape index (κ3) is 3.35. The summed E-state index contributed by atoms with van der Waals surface area (Å²) in [6, 6.07) is 4.64. The molecule has 0 saturated carbocycles. The Labute approximate surface area is 102 Å². The quantitative estimate of drug-likeness (QED) is 0.716. The number of carbonyl (C=O) groups excluding carboxylic acids is 1. The van der Waals surface area contributed by atoms with Crippen LogP contribution in [0.3, 0.4) is 0 Å². The molecule has 1 aromatic rings. The number of hydrogen-bond donors (Lipinski definition) is 3. The first-order chi connectivity index (χ1) is 7.04. The van der Waals surface area contributed by atoms with Gasteiger partial charge in [0.15, 0.2) is 0 Å². The topological polar surface area (TPSA) is 75.4 Å². The molecule has 15 heavy (non-hydrogen) atoms. The van der Waals surface area contributed by atoms with Gasteiger partial charge in [-0.2, -0.15) is 0 Å². The molecule has 4 N–H and O–H groups in total. The molecule has 0 heterocycles. The minimum Gasteiger partial charge on any atom is -0.507 e. The van der Waals surface area contributed by atoms with Crippen LogP contribution in [0.15, 0.2) is 18.2 Å². The summed E-state index contributed by atoms with van der Waals surface area (Å²) in [4.78, 5) is 11.2. The number of phenolic OH excluding ortho intramolecular Hbond substituents is 1. The summed E-state index contributed by atoms with van der Waals surface area (Å²) in [7, 11) is 1.56. The van der Waals surface area contributed by atoms with E-state index in [0.717, 1.165) is 9.13 Å². The molecule has 0 aliphatic heterocycles. The highest BCUT2D eigenvalue weighted by atomic mass is 123. The van der Waals surface area contributed by atoms with Gasteiger partial charge in [0.25, 0.3) is 0 Å². The van der Waals surface area contributed by atoms with E-state index in [1.165, 1.54) is 0 Å². The van der Waals surface area contributed by atoms with Crippen LogP contribution in [-0.4, -0.2) is 24.1 Å². The average Bonchev–Trinajstić information content (AvgIpc) is 2.22. The van der Waals surface area contributed by atoms with E-state index in [-0.39, 0.29) is 11.7 Å².